The number of hydrogen-bond donors (Lipinski definition) is 1. The number of imidazole rings is 1. The maximum absolute atomic E-state index is 4.37. The van der Waals surface area contributed by atoms with E-state index in [0.29, 0.717) is 12.5 Å². The summed E-state index contributed by atoms with van der Waals surface area (Å²) in [5, 5.41) is 7.58. The number of aromatic nitrogens is 5. The maximum atomic E-state index is 4.37. The molecule has 0 saturated heterocycles. The van der Waals surface area contributed by atoms with Crippen LogP contribution in [-0.2, 0) is 19.6 Å². The average molecular weight is 262 g/mol. The first kappa shape index (κ1) is 13.7. The van der Waals surface area contributed by atoms with E-state index in [1.807, 2.05) is 17.1 Å². The van der Waals surface area contributed by atoms with Gasteiger partial charge >= 0.3 is 0 Å². The van der Waals surface area contributed by atoms with Crippen molar-refractivity contribution in [3.63, 3.8) is 0 Å². The third kappa shape index (κ3) is 3.64. The molecular formula is C13H22N6. The molecule has 0 aromatic carbocycles. The smallest absolute Gasteiger partial charge is 0.146 e. The Balaban J connectivity index is 2.08. The molecule has 2 rings (SSSR count). The fourth-order valence-electron chi connectivity index (χ4n) is 1.95. The van der Waals surface area contributed by atoms with Crippen molar-refractivity contribution in [2.24, 2.45) is 5.92 Å². The van der Waals surface area contributed by atoms with E-state index in [1.165, 1.54) is 0 Å². The fourth-order valence-corrected chi connectivity index (χ4v) is 1.95. The van der Waals surface area contributed by atoms with Crippen LogP contribution in [0.2, 0.25) is 0 Å². The molecule has 0 aliphatic carbocycles. The highest BCUT2D eigenvalue weighted by molar-refractivity contribution is 4.97. The van der Waals surface area contributed by atoms with Crippen molar-refractivity contribution in [2.45, 2.75) is 40.4 Å². The van der Waals surface area contributed by atoms with E-state index in [4.69, 9.17) is 0 Å². The van der Waals surface area contributed by atoms with Crippen molar-refractivity contribution in [1.82, 2.24) is 29.6 Å². The van der Waals surface area contributed by atoms with Gasteiger partial charge in [0.05, 0.1) is 13.1 Å². The summed E-state index contributed by atoms with van der Waals surface area (Å²) in [6.45, 7) is 9.78. The molecule has 2 aromatic rings. The largest absolute Gasteiger partial charge is 0.326 e. The van der Waals surface area contributed by atoms with Gasteiger partial charge in [0.25, 0.3) is 0 Å². The van der Waals surface area contributed by atoms with E-state index >= 15 is 0 Å². The lowest BCUT2D eigenvalue weighted by Gasteiger charge is -2.11. The van der Waals surface area contributed by atoms with E-state index < -0.39 is 0 Å². The van der Waals surface area contributed by atoms with Gasteiger partial charge < -0.3 is 9.88 Å². The zero-order valence-electron chi connectivity index (χ0n) is 11.9. The summed E-state index contributed by atoms with van der Waals surface area (Å²) in [4.78, 5) is 8.72. The highest BCUT2D eigenvalue weighted by Gasteiger charge is 2.09. The van der Waals surface area contributed by atoms with Crippen molar-refractivity contribution in [2.75, 3.05) is 6.54 Å². The summed E-state index contributed by atoms with van der Waals surface area (Å²) in [5.74, 6) is 2.56. The molecule has 0 bridgehead atoms. The third-order valence-electron chi connectivity index (χ3n) is 2.88. The number of hydrogen-bond acceptors (Lipinski definition) is 4. The van der Waals surface area contributed by atoms with Crippen LogP contribution in [0, 0.1) is 5.92 Å². The summed E-state index contributed by atoms with van der Waals surface area (Å²) < 4.78 is 4.09. The standard InChI is InChI=1S/C13H22N6/c1-4-14-7-12-15-5-6-18(12)9-13-16-10-17-19(13)8-11(2)3/h5-6,10-11,14H,4,7-9H2,1-3H3. The first-order chi connectivity index (χ1) is 9.20. The first-order valence-electron chi connectivity index (χ1n) is 6.78. The molecule has 104 valence electrons. The number of nitrogens with one attached hydrogen (secondary N) is 1. The Bertz CT molecular complexity index is 499. The van der Waals surface area contributed by atoms with Crippen LogP contribution in [0.3, 0.4) is 0 Å². The van der Waals surface area contributed by atoms with Crippen molar-refractivity contribution < 1.29 is 0 Å². The molecule has 0 unspecified atom stereocenters. The molecule has 6 heteroatoms. The molecular weight excluding hydrogens is 240 g/mol. The van der Waals surface area contributed by atoms with Crippen LogP contribution < -0.4 is 5.32 Å². The Kier molecular flexibility index (Phi) is 4.68. The lowest BCUT2D eigenvalue weighted by Crippen LogP contribution is -2.18. The summed E-state index contributed by atoms with van der Waals surface area (Å²) in [7, 11) is 0. The topological polar surface area (TPSA) is 60.6 Å². The summed E-state index contributed by atoms with van der Waals surface area (Å²) in [6, 6.07) is 0. The Morgan fingerprint density at radius 3 is 2.84 bits per heavy atom. The van der Waals surface area contributed by atoms with Crippen LogP contribution in [0.15, 0.2) is 18.7 Å². The van der Waals surface area contributed by atoms with Crippen LogP contribution in [0.4, 0.5) is 0 Å². The minimum absolute atomic E-state index is 0.560. The number of rotatable bonds is 7. The Morgan fingerprint density at radius 1 is 1.26 bits per heavy atom. The third-order valence-corrected chi connectivity index (χ3v) is 2.88. The second-order valence-electron chi connectivity index (χ2n) is 5.00. The molecule has 0 atom stereocenters. The first-order valence-corrected chi connectivity index (χ1v) is 6.78. The van der Waals surface area contributed by atoms with Gasteiger partial charge in [0.15, 0.2) is 0 Å². The maximum Gasteiger partial charge on any atom is 0.146 e. The van der Waals surface area contributed by atoms with Crippen molar-refractivity contribution in [3.05, 3.63) is 30.4 Å². The SMILES string of the molecule is CCNCc1nccn1Cc1ncnn1CC(C)C. The molecule has 0 fully saturated rings. The molecule has 0 amide bonds. The highest BCUT2D eigenvalue weighted by Crippen LogP contribution is 2.05. The van der Waals surface area contributed by atoms with Crippen LogP contribution in [0.25, 0.3) is 0 Å². The van der Waals surface area contributed by atoms with Gasteiger partial charge in [-0.15, -0.1) is 0 Å². The lowest BCUT2D eigenvalue weighted by molar-refractivity contribution is 0.458. The summed E-state index contributed by atoms with van der Waals surface area (Å²) in [5.41, 5.74) is 0. The molecule has 1 N–H and O–H groups in total. The molecule has 6 nitrogen and oxygen atoms in total. The molecule has 0 aliphatic rings. The van der Waals surface area contributed by atoms with E-state index in [2.05, 4.69) is 45.7 Å². The van der Waals surface area contributed by atoms with Gasteiger partial charge in [-0.1, -0.05) is 20.8 Å². The van der Waals surface area contributed by atoms with E-state index in [0.717, 1.165) is 31.3 Å². The molecule has 0 saturated carbocycles. The molecule has 0 spiro atoms. The molecule has 0 aliphatic heterocycles. The molecule has 0 radical (unpaired) electrons. The van der Waals surface area contributed by atoms with Crippen LogP contribution in [-0.4, -0.2) is 30.9 Å². The van der Waals surface area contributed by atoms with Crippen LogP contribution >= 0.6 is 0 Å². The predicted molar refractivity (Wildman–Crippen MR) is 73.6 cm³/mol. The minimum atomic E-state index is 0.560. The van der Waals surface area contributed by atoms with Gasteiger partial charge in [0, 0.05) is 18.9 Å². The van der Waals surface area contributed by atoms with E-state index in [9.17, 15) is 0 Å². The Morgan fingerprint density at radius 2 is 2.11 bits per heavy atom. The van der Waals surface area contributed by atoms with E-state index in [-0.39, 0.29) is 0 Å². The number of nitrogens with zero attached hydrogens (tertiary/aromatic N) is 5. The molecule has 2 aromatic heterocycles. The van der Waals surface area contributed by atoms with Crippen LogP contribution in [0.1, 0.15) is 32.4 Å². The van der Waals surface area contributed by atoms with Gasteiger partial charge in [-0.3, -0.25) is 0 Å². The highest BCUT2D eigenvalue weighted by atomic mass is 15.3. The van der Waals surface area contributed by atoms with Gasteiger partial charge in [0.2, 0.25) is 0 Å². The molecule has 19 heavy (non-hydrogen) atoms. The summed E-state index contributed by atoms with van der Waals surface area (Å²) >= 11 is 0. The van der Waals surface area contributed by atoms with Crippen molar-refractivity contribution in [3.8, 4) is 0 Å². The second kappa shape index (κ2) is 6.47. The minimum Gasteiger partial charge on any atom is -0.326 e. The lowest BCUT2D eigenvalue weighted by atomic mass is 10.2. The Labute approximate surface area is 113 Å². The Hall–Kier alpha value is -1.69. The normalized spacial score (nSPS) is 11.4. The van der Waals surface area contributed by atoms with Gasteiger partial charge in [-0.05, 0) is 12.5 Å². The zero-order chi connectivity index (χ0) is 13.7. The van der Waals surface area contributed by atoms with Gasteiger partial charge in [-0.2, -0.15) is 5.10 Å². The second-order valence-corrected chi connectivity index (χ2v) is 5.00. The van der Waals surface area contributed by atoms with Crippen molar-refractivity contribution >= 4 is 0 Å². The monoisotopic (exact) mass is 262 g/mol. The van der Waals surface area contributed by atoms with Crippen LogP contribution in [0.5, 0.6) is 0 Å². The molecule has 2 heterocycles. The van der Waals surface area contributed by atoms with E-state index in [1.54, 1.807) is 6.33 Å². The van der Waals surface area contributed by atoms with Crippen molar-refractivity contribution in [1.29, 1.82) is 0 Å². The summed E-state index contributed by atoms with van der Waals surface area (Å²) in [6.07, 6.45) is 5.44. The average Bonchev–Trinajstić information content (AvgIpc) is 2.97. The zero-order valence-corrected chi connectivity index (χ0v) is 11.9. The predicted octanol–water partition coefficient (Wildman–Crippen LogP) is 1.29. The quantitative estimate of drug-likeness (QED) is 0.817. The van der Waals surface area contributed by atoms with Gasteiger partial charge in [-0.25, -0.2) is 14.6 Å². The van der Waals surface area contributed by atoms with Gasteiger partial charge in [0.1, 0.15) is 18.0 Å². The fraction of sp³-hybridized carbons (Fsp3) is 0.615.